The highest BCUT2D eigenvalue weighted by molar-refractivity contribution is 5.83. The van der Waals surface area contributed by atoms with Crippen molar-refractivity contribution < 1.29 is 23.5 Å². The average molecular weight is 636 g/mol. The van der Waals surface area contributed by atoms with Crippen LogP contribution in [-0.2, 0) is 20.9 Å². The van der Waals surface area contributed by atoms with Crippen LogP contribution < -0.4 is 20.5 Å². The van der Waals surface area contributed by atoms with E-state index in [1.165, 1.54) is 17.2 Å². The van der Waals surface area contributed by atoms with E-state index >= 15 is 0 Å². The summed E-state index contributed by atoms with van der Waals surface area (Å²) in [6, 6.07) is -0.774. The highest BCUT2D eigenvalue weighted by atomic mass is 16.2. The Morgan fingerprint density at radius 2 is 1.52 bits per heavy atom. The lowest BCUT2D eigenvalue weighted by Crippen LogP contribution is -2.43. The lowest BCUT2D eigenvalue weighted by atomic mass is 9.95. The quantitative estimate of drug-likeness (QED) is 0.203. The SMILES string of the molecule is C=[N+](/C=N\C(=C(/C)C(C)NC(=O)C(C)(C)C)[n+]1cnc(C)c(CNC(=O)C(C)(C)C)c1)c1ncncc1[C@@H](C)NC(=O)C(C)(C)C. The summed E-state index contributed by atoms with van der Waals surface area (Å²) in [6.07, 6.45) is 8.09. The number of amides is 3. The summed E-state index contributed by atoms with van der Waals surface area (Å²) in [5.41, 5.74) is 1.30. The van der Waals surface area contributed by atoms with Gasteiger partial charge in [-0.25, -0.2) is 14.1 Å². The normalized spacial score (nSPS) is 14.3. The Hall–Kier alpha value is -4.35. The molecule has 2 rings (SSSR count). The molecule has 0 bridgehead atoms. The summed E-state index contributed by atoms with van der Waals surface area (Å²) in [7, 11) is 0. The molecule has 46 heavy (non-hydrogen) atoms. The molecule has 2 atom stereocenters. The molecule has 0 fully saturated rings. The monoisotopic (exact) mass is 635 g/mol. The van der Waals surface area contributed by atoms with Crippen molar-refractivity contribution in [3.8, 4) is 0 Å². The van der Waals surface area contributed by atoms with Gasteiger partial charge in [-0.2, -0.15) is 0 Å². The summed E-state index contributed by atoms with van der Waals surface area (Å²) in [6.45, 7) is 28.6. The summed E-state index contributed by atoms with van der Waals surface area (Å²) in [5.74, 6) is 0.673. The summed E-state index contributed by atoms with van der Waals surface area (Å²) in [5, 5.41) is 9.08. The Morgan fingerprint density at radius 3 is 2.09 bits per heavy atom. The summed E-state index contributed by atoms with van der Waals surface area (Å²) in [4.78, 5) is 56.1. The van der Waals surface area contributed by atoms with Gasteiger partial charge in [-0.15, -0.1) is 4.98 Å². The van der Waals surface area contributed by atoms with E-state index in [0.29, 0.717) is 17.2 Å². The third kappa shape index (κ3) is 10.3. The smallest absolute Gasteiger partial charge is 0.275 e. The number of carbonyl (C=O) groups is 3. The van der Waals surface area contributed by atoms with Crippen molar-refractivity contribution in [2.24, 2.45) is 21.2 Å². The van der Waals surface area contributed by atoms with E-state index in [4.69, 9.17) is 4.99 Å². The second-order valence-corrected chi connectivity index (χ2v) is 14.7. The van der Waals surface area contributed by atoms with Crippen molar-refractivity contribution in [2.45, 2.75) is 109 Å². The third-order valence-corrected chi connectivity index (χ3v) is 7.34. The number of hydrogen-bond acceptors (Lipinski definition) is 7. The molecule has 12 heteroatoms. The van der Waals surface area contributed by atoms with Gasteiger partial charge in [-0.05, 0) is 27.7 Å². The number of rotatable bonds is 10. The van der Waals surface area contributed by atoms with E-state index in [1.807, 2.05) is 96.2 Å². The van der Waals surface area contributed by atoms with Gasteiger partial charge >= 0.3 is 0 Å². The van der Waals surface area contributed by atoms with E-state index < -0.39 is 22.3 Å². The zero-order chi connectivity index (χ0) is 35.2. The lowest BCUT2D eigenvalue weighted by molar-refractivity contribution is -0.587. The minimum Gasteiger partial charge on any atom is -0.351 e. The van der Waals surface area contributed by atoms with Crippen LogP contribution in [0.15, 0.2) is 35.6 Å². The van der Waals surface area contributed by atoms with Crippen molar-refractivity contribution in [3.63, 3.8) is 0 Å². The molecule has 0 radical (unpaired) electrons. The number of nitrogens with zero attached hydrogens (tertiary/aromatic N) is 6. The van der Waals surface area contributed by atoms with E-state index in [1.54, 1.807) is 17.1 Å². The molecule has 0 aliphatic carbocycles. The van der Waals surface area contributed by atoms with Crippen molar-refractivity contribution in [1.29, 1.82) is 0 Å². The fraction of sp³-hybridized carbons (Fsp3) is 0.559. The molecule has 2 aromatic heterocycles. The first-order valence-corrected chi connectivity index (χ1v) is 15.5. The van der Waals surface area contributed by atoms with Crippen molar-refractivity contribution in [1.82, 2.24) is 30.9 Å². The van der Waals surface area contributed by atoms with Gasteiger partial charge in [0.1, 0.15) is 5.69 Å². The Bertz CT molecular complexity index is 1520. The zero-order valence-corrected chi connectivity index (χ0v) is 29.9. The largest absolute Gasteiger partial charge is 0.351 e. The standard InChI is InChI=1S/C34H51N9O3/c1-21(22(2)40-30(45)33(8,9)10)27(43-17-25(23(3)38-20-43)15-36-29(44)32(5,6)7)39-19-42(14)28-26(16-35-18-37-28)24(4)41-31(46)34(11,12)13/h16-20,22,24H,14-15H2,1-13H3,(H-2,36,40,41,44,45,46)/p+2/b27-21-,39-19-/t22?,24-/m1/s1. The second-order valence-electron chi connectivity index (χ2n) is 14.7. The number of hydrogen-bond donors (Lipinski definition) is 3. The topological polar surface area (TPSA) is 145 Å². The first kappa shape index (κ1) is 37.8. The van der Waals surface area contributed by atoms with Gasteiger partial charge in [0, 0.05) is 46.8 Å². The lowest BCUT2D eigenvalue weighted by Gasteiger charge is -2.22. The molecule has 2 heterocycles. The van der Waals surface area contributed by atoms with Gasteiger partial charge in [0.05, 0.1) is 23.8 Å². The Labute approximate surface area is 274 Å². The molecule has 0 aliphatic heterocycles. The Kier molecular flexibility index (Phi) is 12.2. The van der Waals surface area contributed by atoms with Gasteiger partial charge in [-0.3, -0.25) is 14.4 Å². The Balaban J connectivity index is 2.58. The predicted molar refractivity (Wildman–Crippen MR) is 180 cm³/mol. The van der Waals surface area contributed by atoms with Crippen LogP contribution >= 0.6 is 0 Å². The van der Waals surface area contributed by atoms with Gasteiger partial charge in [0.25, 0.3) is 11.6 Å². The number of carbonyl (C=O) groups excluding carboxylic acids is 3. The number of aryl methyl sites for hydroxylation is 1. The molecule has 0 aromatic carbocycles. The molecule has 250 valence electrons. The maximum Gasteiger partial charge on any atom is 0.275 e. The molecule has 0 saturated carbocycles. The Morgan fingerprint density at radius 1 is 0.957 bits per heavy atom. The molecular weight excluding hydrogens is 582 g/mol. The number of aliphatic imine (C=N–C) groups is 1. The van der Waals surface area contributed by atoms with Crippen LogP contribution in [0.25, 0.3) is 5.82 Å². The molecule has 1 unspecified atom stereocenters. The van der Waals surface area contributed by atoms with Crippen LogP contribution in [-0.4, -0.2) is 56.3 Å². The predicted octanol–water partition coefficient (Wildman–Crippen LogP) is 4.17. The van der Waals surface area contributed by atoms with Crippen LogP contribution in [0, 0.1) is 23.2 Å². The highest BCUT2D eigenvalue weighted by Gasteiger charge is 2.28. The molecule has 12 nitrogen and oxygen atoms in total. The highest BCUT2D eigenvalue weighted by Crippen LogP contribution is 2.23. The first-order valence-electron chi connectivity index (χ1n) is 15.5. The van der Waals surface area contributed by atoms with Crippen LogP contribution in [0.3, 0.4) is 0 Å². The zero-order valence-electron chi connectivity index (χ0n) is 29.9. The molecule has 0 spiro atoms. The molecule has 0 aliphatic rings. The molecule has 0 saturated heterocycles. The summed E-state index contributed by atoms with van der Waals surface area (Å²) >= 11 is 0. The average Bonchev–Trinajstić information content (AvgIpc) is 2.95. The van der Waals surface area contributed by atoms with Gasteiger partial charge < -0.3 is 16.0 Å². The van der Waals surface area contributed by atoms with E-state index in [2.05, 4.69) is 37.6 Å². The van der Waals surface area contributed by atoms with Gasteiger partial charge in [0.15, 0.2) is 6.33 Å². The fourth-order valence-corrected chi connectivity index (χ4v) is 3.89. The second kappa shape index (κ2) is 14.8. The van der Waals surface area contributed by atoms with E-state index in [-0.39, 0.29) is 30.3 Å². The first-order chi connectivity index (χ1) is 21.0. The fourth-order valence-electron chi connectivity index (χ4n) is 3.89. The van der Waals surface area contributed by atoms with Crippen molar-refractivity contribution in [2.75, 3.05) is 0 Å². The number of nitrogens with one attached hydrogen (secondary N) is 3. The van der Waals surface area contributed by atoms with Crippen LogP contribution in [0.5, 0.6) is 0 Å². The minimum atomic E-state index is -0.582. The van der Waals surface area contributed by atoms with Crippen LogP contribution in [0.1, 0.15) is 106 Å². The third-order valence-electron chi connectivity index (χ3n) is 7.34. The molecular formula is C34H53N9O3+2. The maximum absolute atomic E-state index is 12.9. The molecule has 3 amide bonds. The maximum atomic E-state index is 12.9. The molecule has 2 aromatic rings. The van der Waals surface area contributed by atoms with Gasteiger partial charge in [-0.1, -0.05) is 72.3 Å². The van der Waals surface area contributed by atoms with E-state index in [9.17, 15) is 14.4 Å². The van der Waals surface area contributed by atoms with Gasteiger partial charge in [0.2, 0.25) is 30.4 Å². The van der Waals surface area contributed by atoms with Crippen LogP contribution in [0.4, 0.5) is 5.82 Å². The summed E-state index contributed by atoms with van der Waals surface area (Å²) < 4.78 is 3.27. The minimum absolute atomic E-state index is 0.0768. The molecule has 3 N–H and O–H groups in total. The van der Waals surface area contributed by atoms with Crippen LogP contribution in [0.2, 0.25) is 0 Å². The van der Waals surface area contributed by atoms with Crippen molar-refractivity contribution in [3.05, 3.63) is 47.4 Å². The van der Waals surface area contributed by atoms with Crippen molar-refractivity contribution >= 4 is 42.4 Å². The number of aromatic nitrogens is 4. The van der Waals surface area contributed by atoms with E-state index in [0.717, 1.165) is 16.8 Å².